The second kappa shape index (κ2) is 11.1. The van der Waals surface area contributed by atoms with Crippen LogP contribution in [0.3, 0.4) is 0 Å². The Labute approximate surface area is 150 Å². The first-order valence-corrected chi connectivity index (χ1v) is 9.37. The monoisotopic (exact) mass is 344 g/mol. The molecule has 2 aromatic rings. The fraction of sp³-hybridized carbons (Fsp3) is 0.400. The minimum absolute atomic E-state index is 0.766. The summed E-state index contributed by atoms with van der Waals surface area (Å²) in [5, 5.41) is 0. The van der Waals surface area contributed by atoms with E-state index in [4.69, 9.17) is 4.74 Å². The molecule has 0 amide bonds. The minimum Gasteiger partial charge on any atom is -0.494 e. The zero-order chi connectivity index (χ0) is 17.0. The van der Waals surface area contributed by atoms with Crippen molar-refractivity contribution in [3.8, 4) is 5.75 Å². The average Bonchev–Trinajstić information content (AvgIpc) is 2.60. The zero-order valence-corrected chi connectivity index (χ0v) is 15.5. The van der Waals surface area contributed by atoms with Crippen molar-refractivity contribution < 1.29 is 4.74 Å². The van der Waals surface area contributed by atoms with Crippen molar-refractivity contribution in [1.82, 2.24) is 9.62 Å². The molecule has 0 saturated carbocycles. The van der Waals surface area contributed by atoms with Crippen LogP contribution in [-0.4, -0.2) is 38.7 Å². The number of benzene rings is 2. The Bertz CT molecular complexity index is 558. The lowest BCUT2D eigenvalue weighted by Gasteiger charge is -2.10. The van der Waals surface area contributed by atoms with Crippen molar-refractivity contribution in [3.05, 3.63) is 60.2 Å². The van der Waals surface area contributed by atoms with Crippen LogP contribution in [0.1, 0.15) is 18.4 Å². The maximum absolute atomic E-state index is 5.75. The summed E-state index contributed by atoms with van der Waals surface area (Å²) >= 11 is 1.68. The molecule has 0 radical (unpaired) electrons. The van der Waals surface area contributed by atoms with Crippen LogP contribution in [0.25, 0.3) is 0 Å². The van der Waals surface area contributed by atoms with Gasteiger partial charge in [0.15, 0.2) is 0 Å². The van der Waals surface area contributed by atoms with Crippen molar-refractivity contribution in [2.24, 2.45) is 0 Å². The molecule has 1 N–H and O–H groups in total. The van der Waals surface area contributed by atoms with Crippen LogP contribution in [0.5, 0.6) is 5.75 Å². The summed E-state index contributed by atoms with van der Waals surface area (Å²) in [6, 6.07) is 18.9. The quantitative estimate of drug-likeness (QED) is 0.486. The molecule has 0 atom stereocenters. The predicted molar refractivity (Wildman–Crippen MR) is 104 cm³/mol. The fourth-order valence-corrected chi connectivity index (χ4v) is 3.00. The number of aryl methyl sites for hydroxylation is 1. The van der Waals surface area contributed by atoms with Crippen molar-refractivity contribution in [2.75, 3.05) is 33.8 Å². The summed E-state index contributed by atoms with van der Waals surface area (Å²) in [5.41, 5.74) is 1.40. The van der Waals surface area contributed by atoms with E-state index < -0.39 is 0 Å². The highest BCUT2D eigenvalue weighted by Gasteiger charge is 1.98. The standard InChI is InChI=1S/C20H28N2OS/c1-22(2)16-7-17-23-19-11-13-20(14-12-19)24-21-15-6-10-18-8-4-3-5-9-18/h3-5,8-9,11-14,21H,6-7,10,15-17H2,1-2H3. The zero-order valence-electron chi connectivity index (χ0n) is 14.7. The molecule has 3 nitrogen and oxygen atoms in total. The Morgan fingerprint density at radius 3 is 2.42 bits per heavy atom. The first-order valence-electron chi connectivity index (χ1n) is 8.55. The van der Waals surface area contributed by atoms with Crippen LogP contribution in [0.2, 0.25) is 0 Å². The van der Waals surface area contributed by atoms with Gasteiger partial charge in [-0.3, -0.25) is 4.72 Å². The summed E-state index contributed by atoms with van der Waals surface area (Å²) in [6.07, 6.45) is 3.31. The van der Waals surface area contributed by atoms with Gasteiger partial charge in [0.25, 0.3) is 0 Å². The topological polar surface area (TPSA) is 24.5 Å². The molecule has 0 fully saturated rings. The van der Waals surface area contributed by atoms with Gasteiger partial charge in [-0.2, -0.15) is 0 Å². The van der Waals surface area contributed by atoms with E-state index in [1.54, 1.807) is 11.9 Å². The van der Waals surface area contributed by atoms with Gasteiger partial charge in [-0.25, -0.2) is 0 Å². The summed E-state index contributed by atoms with van der Waals surface area (Å²) in [4.78, 5) is 3.39. The number of hydrogen-bond acceptors (Lipinski definition) is 4. The van der Waals surface area contributed by atoms with Gasteiger partial charge in [-0.05, 0) is 75.1 Å². The third-order valence-electron chi connectivity index (χ3n) is 3.62. The molecule has 2 aromatic carbocycles. The molecular weight excluding hydrogens is 316 g/mol. The summed E-state index contributed by atoms with van der Waals surface area (Å²) in [5.74, 6) is 0.946. The van der Waals surface area contributed by atoms with Crippen LogP contribution in [0.4, 0.5) is 0 Å². The Morgan fingerprint density at radius 1 is 0.958 bits per heavy atom. The number of nitrogens with zero attached hydrogens (tertiary/aromatic N) is 1. The van der Waals surface area contributed by atoms with E-state index >= 15 is 0 Å². The molecule has 0 aliphatic carbocycles. The normalized spacial score (nSPS) is 11.0. The smallest absolute Gasteiger partial charge is 0.119 e. The number of rotatable bonds is 11. The molecule has 2 rings (SSSR count). The van der Waals surface area contributed by atoms with Crippen LogP contribution < -0.4 is 9.46 Å². The fourth-order valence-electron chi connectivity index (χ4n) is 2.32. The van der Waals surface area contributed by atoms with E-state index in [1.165, 1.54) is 10.5 Å². The van der Waals surface area contributed by atoms with Crippen LogP contribution in [0, 0.1) is 0 Å². The van der Waals surface area contributed by atoms with Crippen molar-refractivity contribution in [1.29, 1.82) is 0 Å². The molecule has 0 unspecified atom stereocenters. The summed E-state index contributed by atoms with van der Waals surface area (Å²) < 4.78 is 9.17. The number of hydrogen-bond donors (Lipinski definition) is 1. The molecule has 0 spiro atoms. The Kier molecular flexibility index (Phi) is 8.74. The first kappa shape index (κ1) is 18.8. The van der Waals surface area contributed by atoms with Crippen LogP contribution >= 0.6 is 11.9 Å². The number of nitrogens with one attached hydrogen (secondary N) is 1. The summed E-state index contributed by atoms with van der Waals surface area (Å²) in [6.45, 7) is 2.82. The maximum atomic E-state index is 5.75. The van der Waals surface area contributed by atoms with Gasteiger partial charge in [0.2, 0.25) is 0 Å². The lowest BCUT2D eigenvalue weighted by Crippen LogP contribution is -2.15. The highest BCUT2D eigenvalue weighted by molar-refractivity contribution is 7.97. The maximum Gasteiger partial charge on any atom is 0.119 e. The van der Waals surface area contributed by atoms with Gasteiger partial charge < -0.3 is 9.64 Å². The van der Waals surface area contributed by atoms with Crippen molar-refractivity contribution >= 4 is 11.9 Å². The van der Waals surface area contributed by atoms with Gasteiger partial charge in [-0.1, -0.05) is 30.3 Å². The molecule has 0 saturated heterocycles. The second-order valence-electron chi connectivity index (χ2n) is 6.06. The lowest BCUT2D eigenvalue weighted by molar-refractivity contribution is 0.281. The molecule has 24 heavy (non-hydrogen) atoms. The van der Waals surface area contributed by atoms with E-state index in [0.717, 1.165) is 44.7 Å². The Balaban J connectivity index is 1.58. The molecule has 130 valence electrons. The second-order valence-corrected chi connectivity index (χ2v) is 7.03. The predicted octanol–water partition coefficient (Wildman–Crippen LogP) is 4.25. The van der Waals surface area contributed by atoms with Crippen LogP contribution in [-0.2, 0) is 6.42 Å². The van der Waals surface area contributed by atoms with Crippen molar-refractivity contribution in [2.45, 2.75) is 24.2 Å². The van der Waals surface area contributed by atoms with E-state index in [0.29, 0.717) is 0 Å². The summed E-state index contributed by atoms with van der Waals surface area (Å²) in [7, 11) is 4.16. The van der Waals surface area contributed by atoms with Gasteiger partial charge in [0.05, 0.1) is 6.61 Å². The molecule has 0 aromatic heterocycles. The molecule has 4 heteroatoms. The molecule has 0 aliphatic rings. The van der Waals surface area contributed by atoms with Gasteiger partial charge in [-0.15, -0.1) is 0 Å². The molecular formula is C20H28N2OS. The molecule has 0 heterocycles. The van der Waals surface area contributed by atoms with Crippen LogP contribution in [0.15, 0.2) is 59.5 Å². The number of ether oxygens (including phenoxy) is 1. The third-order valence-corrected chi connectivity index (χ3v) is 4.48. The van der Waals surface area contributed by atoms with E-state index in [2.05, 4.69) is 66.2 Å². The Hall–Kier alpha value is -1.49. The average molecular weight is 345 g/mol. The van der Waals surface area contributed by atoms with Gasteiger partial charge >= 0.3 is 0 Å². The highest BCUT2D eigenvalue weighted by Crippen LogP contribution is 2.19. The third kappa shape index (κ3) is 7.86. The molecule has 0 bridgehead atoms. The van der Waals surface area contributed by atoms with Crippen molar-refractivity contribution in [3.63, 3.8) is 0 Å². The molecule has 0 aliphatic heterocycles. The Morgan fingerprint density at radius 2 is 1.71 bits per heavy atom. The SMILES string of the molecule is CN(C)CCCOc1ccc(SNCCCc2ccccc2)cc1. The largest absolute Gasteiger partial charge is 0.494 e. The van der Waals surface area contributed by atoms with Gasteiger partial charge in [0.1, 0.15) is 5.75 Å². The first-order chi connectivity index (χ1) is 11.7. The van der Waals surface area contributed by atoms with E-state index in [9.17, 15) is 0 Å². The highest BCUT2D eigenvalue weighted by atomic mass is 32.2. The van der Waals surface area contributed by atoms with Gasteiger partial charge in [0, 0.05) is 18.0 Å². The van der Waals surface area contributed by atoms with E-state index in [-0.39, 0.29) is 0 Å². The van der Waals surface area contributed by atoms with E-state index in [1.807, 2.05) is 12.1 Å². The lowest BCUT2D eigenvalue weighted by atomic mass is 10.1. The minimum atomic E-state index is 0.766.